The highest BCUT2D eigenvalue weighted by atomic mass is 35.5. The van der Waals surface area contributed by atoms with Gasteiger partial charge in [0.1, 0.15) is 36.6 Å². The van der Waals surface area contributed by atoms with Crippen molar-refractivity contribution in [3.63, 3.8) is 0 Å². The Bertz CT molecular complexity index is 4180. The van der Waals surface area contributed by atoms with Crippen molar-refractivity contribution in [1.29, 1.82) is 0 Å². The number of urea groups is 1. The smallest absolute Gasteiger partial charge is 0.320 e. The minimum Gasteiger partial charge on any atom is -0.379 e. The van der Waals surface area contributed by atoms with E-state index in [9.17, 15) is 50.7 Å². The Morgan fingerprint density at radius 3 is 1.23 bits per heavy atom. The molecule has 8 aromatic rings. The molecule has 0 bridgehead atoms. The Hall–Kier alpha value is -9.63. The second kappa shape index (κ2) is 32.8. The largest absolute Gasteiger partial charge is 0.379 e. The lowest BCUT2D eigenvalue weighted by Crippen LogP contribution is -2.53. The summed E-state index contributed by atoms with van der Waals surface area (Å²) in [6, 6.07) is 32.8. The van der Waals surface area contributed by atoms with Gasteiger partial charge in [0.05, 0.1) is 97.1 Å². The summed E-state index contributed by atoms with van der Waals surface area (Å²) in [5, 5.41) is 11.5. The first-order valence-corrected chi connectivity index (χ1v) is 33.6. The third-order valence-electron chi connectivity index (χ3n) is 17.6. The molecule has 0 spiro atoms. The molecule has 4 aliphatic rings. The Balaban J connectivity index is 0.000000202. The number of rotatable bonds is 20. The Kier molecular flexibility index (Phi) is 24.0. The van der Waals surface area contributed by atoms with Gasteiger partial charge in [0, 0.05) is 39.3 Å². The number of morpholine rings is 2. The number of nitrogens with zero attached hydrogens (tertiary/aromatic N) is 11. The fraction of sp³-hybridized carbons (Fsp3) is 0.378. The van der Waals surface area contributed by atoms with E-state index in [2.05, 4.69) is 20.5 Å². The molecule has 532 valence electrons. The van der Waals surface area contributed by atoms with Crippen LogP contribution in [0.15, 0.2) is 146 Å². The van der Waals surface area contributed by atoms with Gasteiger partial charge in [0.15, 0.2) is 23.3 Å². The Labute approximate surface area is 586 Å². The Morgan fingerprint density at radius 1 is 0.515 bits per heavy atom. The molecule has 20 nitrogen and oxygen atoms in total. The topological polar surface area (TPSA) is 211 Å². The predicted molar refractivity (Wildman–Crippen MR) is 365 cm³/mol. The van der Waals surface area contributed by atoms with Gasteiger partial charge in [-0.1, -0.05) is 126 Å². The number of amides is 7. The molecule has 0 unspecified atom stereocenters. The molecular formula is C74H79ClF6N12O8. The molecule has 12 rings (SSSR count). The van der Waals surface area contributed by atoms with Crippen molar-refractivity contribution in [3.05, 3.63) is 214 Å². The van der Waals surface area contributed by atoms with Crippen molar-refractivity contribution in [1.82, 2.24) is 59.3 Å². The lowest BCUT2D eigenvalue weighted by Gasteiger charge is -2.43. The summed E-state index contributed by atoms with van der Waals surface area (Å²) >= 11 is 6.17. The number of nitrogens with one attached hydrogen (secondary N) is 1. The first-order chi connectivity index (χ1) is 48.4. The molecule has 6 aromatic carbocycles. The number of ether oxygens (including phenoxy) is 2. The Morgan fingerprint density at radius 2 is 0.881 bits per heavy atom. The summed E-state index contributed by atoms with van der Waals surface area (Å²) in [5.41, 5.74) is 0.664. The van der Waals surface area contributed by atoms with Crippen molar-refractivity contribution >= 4 is 46.6 Å². The monoisotopic (exact) mass is 1410 g/mol. The van der Waals surface area contributed by atoms with Gasteiger partial charge in [-0.05, 0) is 107 Å². The summed E-state index contributed by atoms with van der Waals surface area (Å²) in [4.78, 5) is 96.1. The second-order valence-corrected chi connectivity index (χ2v) is 27.1. The molecule has 2 aromatic heterocycles. The molecule has 0 saturated carbocycles. The van der Waals surface area contributed by atoms with Crippen LogP contribution in [0.2, 0.25) is 0 Å². The molecule has 4 aliphatic heterocycles. The number of carbonyl (C=O) groups is 6. The van der Waals surface area contributed by atoms with Crippen molar-refractivity contribution in [2.24, 2.45) is 10.8 Å². The minimum atomic E-state index is -1.17. The molecule has 2 fully saturated rings. The van der Waals surface area contributed by atoms with Crippen LogP contribution in [-0.4, -0.2) is 180 Å². The number of hydrogen-bond donors (Lipinski definition) is 1. The average Bonchev–Trinajstić information content (AvgIpc) is 1.68. The maximum atomic E-state index is 15.1. The van der Waals surface area contributed by atoms with E-state index in [1.165, 1.54) is 33.8 Å². The van der Waals surface area contributed by atoms with E-state index in [0.29, 0.717) is 32.1 Å². The van der Waals surface area contributed by atoms with Gasteiger partial charge in [-0.3, -0.25) is 33.8 Å². The molecule has 0 radical (unpaired) electrons. The van der Waals surface area contributed by atoms with E-state index < -0.39 is 101 Å². The minimum absolute atomic E-state index is 0.0615. The number of carbonyl (C=O) groups excluding carboxylic acids is 6. The molecular weight excluding hydrogens is 1330 g/mol. The van der Waals surface area contributed by atoms with Crippen LogP contribution >= 0.6 is 11.6 Å². The maximum absolute atomic E-state index is 15.1. The van der Waals surface area contributed by atoms with Gasteiger partial charge in [-0.2, -0.15) is 10.2 Å². The van der Waals surface area contributed by atoms with Gasteiger partial charge in [0.2, 0.25) is 0 Å². The lowest BCUT2D eigenvalue weighted by molar-refractivity contribution is 0.0252. The number of imide groups is 2. The summed E-state index contributed by atoms with van der Waals surface area (Å²) in [7, 11) is 0. The zero-order valence-electron chi connectivity index (χ0n) is 56.8. The fourth-order valence-electron chi connectivity index (χ4n) is 12.7. The number of halogens is 7. The molecule has 27 heteroatoms. The van der Waals surface area contributed by atoms with Gasteiger partial charge in [-0.15, -0.1) is 0 Å². The standard InChI is InChI=1S/C37H39F3N6O4.C33H31ClF3N5O3.C4H9NO/c1-37(2,3)31(33-41-32(29-21-25(39)13-14-30(29)40)42-45(33)23-24-9-5-4-6-10-24)44(36(49)43-17-19-50-20-18-43)16-15-26(22-38)46-34(47)27-11-7-8-12-28(27)35(46)48;1-33(2,3)27(40(32(34)45)16-15-22(18-35)42-30(43)23-11-7-8-12-24(23)31(42)44)29-38-28(25-17-21(36)13-14-26(25)37)39-41(29)19-20-9-5-4-6-10-20;1-3-6-4-2-5-1/h4-14,21,26,31H,15-20,22-23H2,1-3H3;4-14,17,22,27H,15-16,18-19H2,1-3H3;5H,1-4H2/t26-,31-;22-,27-;/m00./s1. The third kappa shape index (κ3) is 17.2. The van der Waals surface area contributed by atoms with Crippen LogP contribution in [0.4, 0.5) is 35.9 Å². The maximum Gasteiger partial charge on any atom is 0.320 e. The highest BCUT2D eigenvalue weighted by Crippen LogP contribution is 2.42. The van der Waals surface area contributed by atoms with Crippen LogP contribution in [0.25, 0.3) is 22.8 Å². The summed E-state index contributed by atoms with van der Waals surface area (Å²) < 4.78 is 101. The zero-order valence-corrected chi connectivity index (χ0v) is 57.6. The fourth-order valence-corrected chi connectivity index (χ4v) is 12.9. The van der Waals surface area contributed by atoms with Crippen LogP contribution in [0.3, 0.4) is 0 Å². The highest BCUT2D eigenvalue weighted by molar-refractivity contribution is 6.62. The number of hydrogen-bond acceptors (Lipinski definition) is 13. The van der Waals surface area contributed by atoms with E-state index in [0.717, 1.165) is 83.6 Å². The van der Waals surface area contributed by atoms with Crippen LogP contribution < -0.4 is 5.32 Å². The zero-order chi connectivity index (χ0) is 72.3. The van der Waals surface area contributed by atoms with E-state index >= 15 is 4.39 Å². The van der Waals surface area contributed by atoms with Gasteiger partial charge in [-0.25, -0.2) is 50.5 Å². The molecule has 2 saturated heterocycles. The number of alkyl halides is 2. The second-order valence-electron chi connectivity index (χ2n) is 26.8. The lowest BCUT2D eigenvalue weighted by atomic mass is 9.84. The van der Waals surface area contributed by atoms with E-state index in [-0.39, 0.29) is 95.9 Å². The number of fused-ring (bicyclic) bond motifs is 2. The first-order valence-electron chi connectivity index (χ1n) is 33.2. The van der Waals surface area contributed by atoms with Crippen molar-refractivity contribution in [2.75, 3.05) is 79.0 Å². The van der Waals surface area contributed by atoms with Crippen molar-refractivity contribution in [2.45, 2.75) is 91.6 Å². The third-order valence-corrected chi connectivity index (χ3v) is 17.8. The van der Waals surface area contributed by atoms with E-state index in [1.54, 1.807) is 38.7 Å². The molecule has 4 atom stereocenters. The molecule has 0 aliphatic carbocycles. The normalized spacial score (nSPS) is 15.8. The van der Waals surface area contributed by atoms with E-state index in [1.807, 2.05) is 102 Å². The predicted octanol–water partition coefficient (Wildman–Crippen LogP) is 12.8. The van der Waals surface area contributed by atoms with Crippen molar-refractivity contribution < 1.29 is 64.6 Å². The van der Waals surface area contributed by atoms with Crippen LogP contribution in [0, 0.1) is 34.1 Å². The summed E-state index contributed by atoms with van der Waals surface area (Å²) in [5.74, 6) is -4.80. The SMILES string of the molecule is C1COCCN1.CC(C)(C)[C@H](c1nc(-c2cc(F)ccc2F)nn1Cc1ccccc1)N(CC[C@@H](CF)N1C(=O)c2ccccc2C1=O)C(=O)Cl.CC(C)(C)[C@H](c1nc(-c2cc(F)ccc2F)nn1Cc1ccccc1)N(CC[C@@H](CF)N1C(=O)c2ccccc2C1=O)C(=O)N1CCOCC1. The molecule has 7 amide bonds. The van der Waals surface area contributed by atoms with Gasteiger partial charge < -0.3 is 29.5 Å². The van der Waals surface area contributed by atoms with Gasteiger partial charge >= 0.3 is 11.4 Å². The van der Waals surface area contributed by atoms with Crippen LogP contribution in [0.5, 0.6) is 0 Å². The first kappa shape index (κ1) is 74.1. The van der Waals surface area contributed by atoms with E-state index in [4.69, 9.17) is 26.1 Å². The van der Waals surface area contributed by atoms with Crippen LogP contribution in [0.1, 0.15) is 131 Å². The number of aromatic nitrogens is 6. The number of benzene rings is 6. The quantitative estimate of drug-likeness (QED) is 0.0326. The highest BCUT2D eigenvalue weighted by Gasteiger charge is 2.46. The van der Waals surface area contributed by atoms with Gasteiger partial charge in [0.25, 0.3) is 23.6 Å². The molecule has 101 heavy (non-hydrogen) atoms. The van der Waals surface area contributed by atoms with Crippen LogP contribution in [-0.2, 0) is 22.6 Å². The average molecular weight is 1410 g/mol. The molecule has 6 heterocycles. The molecule has 1 N–H and O–H groups in total. The summed E-state index contributed by atoms with van der Waals surface area (Å²) in [6.07, 6.45) is -0.186. The summed E-state index contributed by atoms with van der Waals surface area (Å²) in [6.45, 7) is 14.5. The van der Waals surface area contributed by atoms with Crippen molar-refractivity contribution in [3.8, 4) is 22.8 Å².